The second-order valence-corrected chi connectivity index (χ2v) is 4.37. The number of rotatable bonds is 5. The zero-order valence-corrected chi connectivity index (χ0v) is 11.1. The molecule has 0 spiro atoms. The summed E-state index contributed by atoms with van der Waals surface area (Å²) in [5, 5.41) is 10.8. The minimum Gasteiger partial charge on any atom is -0.485 e. The Labute approximate surface area is 115 Å². The van der Waals surface area contributed by atoms with Crippen molar-refractivity contribution in [2.24, 2.45) is 0 Å². The van der Waals surface area contributed by atoms with Gasteiger partial charge in [-0.05, 0) is 37.6 Å². The van der Waals surface area contributed by atoms with E-state index in [9.17, 15) is 14.9 Å². The molecule has 0 fully saturated rings. The van der Waals surface area contributed by atoms with Crippen LogP contribution < -0.4 is 4.74 Å². The molecule has 0 aliphatic carbocycles. The number of nitrogens with zero attached hydrogens (tertiary/aromatic N) is 1. The molecule has 0 aliphatic heterocycles. The maximum atomic E-state index is 10.8. The molecule has 20 heavy (non-hydrogen) atoms. The largest absolute Gasteiger partial charge is 0.485 e. The van der Waals surface area contributed by atoms with Crippen LogP contribution in [0.25, 0.3) is 0 Å². The summed E-state index contributed by atoms with van der Waals surface area (Å²) in [6, 6.07) is 6.30. The van der Waals surface area contributed by atoms with E-state index in [1.807, 2.05) is 0 Å². The van der Waals surface area contributed by atoms with Crippen molar-refractivity contribution < 1.29 is 18.9 Å². The van der Waals surface area contributed by atoms with Gasteiger partial charge in [-0.2, -0.15) is 0 Å². The van der Waals surface area contributed by atoms with Gasteiger partial charge in [0, 0.05) is 11.6 Å². The lowest BCUT2D eigenvalue weighted by Crippen LogP contribution is -1.99. The van der Waals surface area contributed by atoms with Gasteiger partial charge in [-0.25, -0.2) is 0 Å². The third-order valence-corrected chi connectivity index (χ3v) is 2.86. The molecule has 0 radical (unpaired) electrons. The Morgan fingerprint density at radius 1 is 1.30 bits per heavy atom. The third kappa shape index (κ3) is 2.85. The molecule has 2 rings (SSSR count). The first-order valence-corrected chi connectivity index (χ1v) is 5.93. The minimum absolute atomic E-state index is 0.0658. The number of nitro groups is 1. The Balaban J connectivity index is 2.15. The Morgan fingerprint density at radius 2 is 2.05 bits per heavy atom. The first-order valence-electron chi connectivity index (χ1n) is 5.93. The molecule has 1 aromatic carbocycles. The monoisotopic (exact) mass is 275 g/mol. The standard InChI is InChI=1S/C14H13NO5/c1-9-6-14(10(2)5-13(9)15(17)18)19-8-12-4-3-11(7-16)20-12/h3-7H,8H2,1-2H3. The van der Waals surface area contributed by atoms with Gasteiger partial charge in [0.2, 0.25) is 0 Å². The van der Waals surface area contributed by atoms with Gasteiger partial charge < -0.3 is 9.15 Å². The van der Waals surface area contributed by atoms with Gasteiger partial charge in [-0.1, -0.05) is 0 Å². The highest BCUT2D eigenvalue weighted by Gasteiger charge is 2.14. The molecule has 0 saturated carbocycles. The molecule has 1 aromatic heterocycles. The number of furan rings is 1. The van der Waals surface area contributed by atoms with Crippen molar-refractivity contribution in [3.63, 3.8) is 0 Å². The maximum absolute atomic E-state index is 10.8. The predicted octanol–water partition coefficient (Wildman–Crippen LogP) is 3.20. The quantitative estimate of drug-likeness (QED) is 0.475. The van der Waals surface area contributed by atoms with Crippen LogP contribution in [0.3, 0.4) is 0 Å². The number of carbonyl (C=O) groups is 1. The number of nitro benzene ring substituents is 1. The molecule has 0 aliphatic rings. The summed E-state index contributed by atoms with van der Waals surface area (Å²) in [6.07, 6.45) is 0.616. The van der Waals surface area contributed by atoms with Crippen LogP contribution in [0.1, 0.15) is 27.4 Å². The second-order valence-electron chi connectivity index (χ2n) is 4.37. The number of ether oxygens (including phenoxy) is 1. The lowest BCUT2D eigenvalue weighted by molar-refractivity contribution is -0.385. The Morgan fingerprint density at radius 3 is 2.65 bits per heavy atom. The lowest BCUT2D eigenvalue weighted by Gasteiger charge is -2.09. The van der Waals surface area contributed by atoms with Gasteiger partial charge in [0.1, 0.15) is 18.1 Å². The Bertz CT molecular complexity index is 660. The SMILES string of the molecule is Cc1cc([N+](=O)[O-])c(C)cc1OCc1ccc(C=O)o1. The van der Waals surface area contributed by atoms with Crippen molar-refractivity contribution in [3.05, 3.63) is 57.0 Å². The number of benzene rings is 1. The van der Waals surface area contributed by atoms with Crippen LogP contribution in [0.4, 0.5) is 5.69 Å². The van der Waals surface area contributed by atoms with E-state index in [1.165, 1.54) is 6.07 Å². The molecule has 104 valence electrons. The smallest absolute Gasteiger partial charge is 0.272 e. The van der Waals surface area contributed by atoms with Crippen LogP contribution in [0.15, 0.2) is 28.7 Å². The number of aldehydes is 1. The fraction of sp³-hybridized carbons (Fsp3) is 0.214. The van der Waals surface area contributed by atoms with Gasteiger partial charge in [0.15, 0.2) is 12.0 Å². The van der Waals surface area contributed by atoms with Crippen molar-refractivity contribution in [2.45, 2.75) is 20.5 Å². The maximum Gasteiger partial charge on any atom is 0.272 e. The zero-order valence-electron chi connectivity index (χ0n) is 11.1. The molecule has 0 amide bonds. The van der Waals surface area contributed by atoms with E-state index < -0.39 is 4.92 Å². The highest BCUT2D eigenvalue weighted by Crippen LogP contribution is 2.28. The van der Waals surface area contributed by atoms with Gasteiger partial charge >= 0.3 is 0 Å². The molecule has 0 atom stereocenters. The van der Waals surface area contributed by atoms with Crippen molar-refractivity contribution in [3.8, 4) is 5.75 Å². The summed E-state index contributed by atoms with van der Waals surface area (Å²) >= 11 is 0. The van der Waals surface area contributed by atoms with Crippen LogP contribution in [-0.2, 0) is 6.61 Å². The van der Waals surface area contributed by atoms with Crippen LogP contribution >= 0.6 is 0 Å². The number of carbonyl (C=O) groups excluding carboxylic acids is 1. The number of hydrogen-bond donors (Lipinski definition) is 0. The first kappa shape index (κ1) is 13.8. The molecule has 6 heteroatoms. The zero-order chi connectivity index (χ0) is 14.7. The van der Waals surface area contributed by atoms with Gasteiger partial charge in [-0.3, -0.25) is 14.9 Å². The van der Waals surface area contributed by atoms with Crippen molar-refractivity contribution in [1.29, 1.82) is 0 Å². The molecule has 1 heterocycles. The van der Waals surface area contributed by atoms with Gasteiger partial charge in [-0.15, -0.1) is 0 Å². The molecule has 0 saturated heterocycles. The van der Waals surface area contributed by atoms with Crippen LogP contribution in [-0.4, -0.2) is 11.2 Å². The number of hydrogen-bond acceptors (Lipinski definition) is 5. The van der Waals surface area contributed by atoms with E-state index in [2.05, 4.69) is 0 Å². The Kier molecular flexibility index (Phi) is 3.84. The molecule has 6 nitrogen and oxygen atoms in total. The molecule has 0 bridgehead atoms. The summed E-state index contributed by atoms with van der Waals surface area (Å²) in [5.41, 5.74) is 1.27. The molecule has 2 aromatic rings. The van der Waals surface area contributed by atoms with Crippen molar-refractivity contribution >= 4 is 12.0 Å². The summed E-state index contributed by atoms with van der Waals surface area (Å²) in [5.74, 6) is 1.31. The normalized spacial score (nSPS) is 10.3. The number of aryl methyl sites for hydroxylation is 2. The summed E-state index contributed by atoms with van der Waals surface area (Å²) in [7, 11) is 0. The summed E-state index contributed by atoms with van der Waals surface area (Å²) in [6.45, 7) is 3.55. The highest BCUT2D eigenvalue weighted by molar-refractivity contribution is 5.70. The van der Waals surface area contributed by atoms with Crippen molar-refractivity contribution in [1.82, 2.24) is 0 Å². The van der Waals surface area contributed by atoms with E-state index in [-0.39, 0.29) is 18.1 Å². The van der Waals surface area contributed by atoms with Crippen LogP contribution in [0.5, 0.6) is 5.75 Å². The topological polar surface area (TPSA) is 82.6 Å². The van der Waals surface area contributed by atoms with Gasteiger partial charge in [0.25, 0.3) is 5.69 Å². The average molecular weight is 275 g/mol. The fourth-order valence-corrected chi connectivity index (χ4v) is 1.81. The van der Waals surface area contributed by atoms with E-state index in [0.717, 1.165) is 0 Å². The minimum atomic E-state index is -0.422. The Hall–Kier alpha value is -2.63. The molecule has 0 N–H and O–H groups in total. The van der Waals surface area contributed by atoms with E-state index in [1.54, 1.807) is 32.0 Å². The molecule has 0 unspecified atom stereocenters. The lowest BCUT2D eigenvalue weighted by atomic mass is 10.1. The summed E-state index contributed by atoms with van der Waals surface area (Å²) < 4.78 is 10.7. The second kappa shape index (κ2) is 5.56. The van der Waals surface area contributed by atoms with Crippen molar-refractivity contribution in [2.75, 3.05) is 0 Å². The third-order valence-electron chi connectivity index (χ3n) is 2.86. The van der Waals surface area contributed by atoms with Crippen LogP contribution in [0, 0.1) is 24.0 Å². The first-order chi connectivity index (χ1) is 9.51. The fourth-order valence-electron chi connectivity index (χ4n) is 1.81. The predicted molar refractivity (Wildman–Crippen MR) is 71.0 cm³/mol. The molecular weight excluding hydrogens is 262 g/mol. The van der Waals surface area contributed by atoms with Gasteiger partial charge in [0.05, 0.1) is 4.92 Å². The van der Waals surface area contributed by atoms with Crippen LogP contribution in [0.2, 0.25) is 0 Å². The summed E-state index contributed by atoms with van der Waals surface area (Å²) in [4.78, 5) is 20.9. The van der Waals surface area contributed by atoms with E-state index in [4.69, 9.17) is 9.15 Å². The highest BCUT2D eigenvalue weighted by atomic mass is 16.6. The molecular formula is C14H13NO5. The average Bonchev–Trinajstić information content (AvgIpc) is 2.87. The van der Waals surface area contributed by atoms with E-state index in [0.29, 0.717) is 28.9 Å². The van der Waals surface area contributed by atoms with E-state index >= 15 is 0 Å².